The Labute approximate surface area is 160 Å². The highest BCUT2D eigenvalue weighted by Gasteiger charge is 2.25. The summed E-state index contributed by atoms with van der Waals surface area (Å²) in [5, 5.41) is 15.6. The predicted molar refractivity (Wildman–Crippen MR) is 102 cm³/mol. The Hall–Kier alpha value is -3.14. The van der Waals surface area contributed by atoms with Crippen molar-refractivity contribution in [2.45, 2.75) is 6.92 Å². The normalized spacial score (nSPS) is 14.3. The summed E-state index contributed by atoms with van der Waals surface area (Å²) in [6.45, 7) is 4.49. The summed E-state index contributed by atoms with van der Waals surface area (Å²) >= 11 is 1.15. The van der Waals surface area contributed by atoms with E-state index in [4.69, 9.17) is 0 Å². The van der Waals surface area contributed by atoms with E-state index in [-0.39, 0.29) is 5.91 Å². The summed E-state index contributed by atoms with van der Waals surface area (Å²) in [5.41, 5.74) is 1.55. The first kappa shape index (κ1) is 17.3. The van der Waals surface area contributed by atoms with E-state index >= 15 is 0 Å². The molecule has 0 bridgehead atoms. The van der Waals surface area contributed by atoms with Crippen molar-refractivity contribution in [3.8, 4) is 0 Å². The number of carbonyl (C=O) groups excluding carboxylic acids is 1. The Kier molecular flexibility index (Phi) is 4.88. The number of piperazine rings is 1. The van der Waals surface area contributed by atoms with Crippen LogP contribution < -0.4 is 10.2 Å². The van der Waals surface area contributed by atoms with E-state index in [0.29, 0.717) is 42.6 Å². The van der Waals surface area contributed by atoms with Gasteiger partial charge < -0.3 is 15.1 Å². The molecule has 4 rings (SSSR count). The predicted octanol–water partition coefficient (Wildman–Crippen LogP) is 1.74. The molecule has 1 N–H and O–H groups in total. The van der Waals surface area contributed by atoms with Gasteiger partial charge >= 0.3 is 0 Å². The molecule has 0 aromatic carbocycles. The lowest BCUT2D eigenvalue weighted by molar-refractivity contribution is 0.0750. The van der Waals surface area contributed by atoms with Crippen LogP contribution in [0.1, 0.15) is 15.4 Å². The van der Waals surface area contributed by atoms with Gasteiger partial charge in [-0.15, -0.1) is 15.3 Å². The third-order valence-electron chi connectivity index (χ3n) is 4.32. The number of nitrogens with one attached hydrogen (secondary N) is 1. The van der Waals surface area contributed by atoms with Crippen molar-refractivity contribution in [3.63, 3.8) is 0 Å². The van der Waals surface area contributed by atoms with Crippen LogP contribution in [0.4, 0.5) is 17.3 Å². The molecule has 3 aromatic heterocycles. The molecule has 1 amide bonds. The van der Waals surface area contributed by atoms with Gasteiger partial charge in [-0.1, -0.05) is 4.49 Å². The second-order valence-corrected chi connectivity index (χ2v) is 6.86. The third kappa shape index (κ3) is 3.85. The summed E-state index contributed by atoms with van der Waals surface area (Å²) in [6.07, 6.45) is 3.45. The summed E-state index contributed by atoms with van der Waals surface area (Å²) in [6, 6.07) is 7.59. The number of hydrogen-bond donors (Lipinski definition) is 1. The Morgan fingerprint density at radius 1 is 1.11 bits per heavy atom. The van der Waals surface area contributed by atoms with Crippen molar-refractivity contribution in [2.75, 3.05) is 36.4 Å². The first-order chi connectivity index (χ1) is 13.2. The SMILES string of the molecule is Cc1nnsc1C(=O)N1CCN(c2ccc(Nc3cccnc3)nn2)CC1. The average molecular weight is 382 g/mol. The van der Waals surface area contributed by atoms with Crippen molar-refractivity contribution in [1.29, 1.82) is 0 Å². The smallest absolute Gasteiger partial charge is 0.267 e. The number of hydrogen-bond acceptors (Lipinski definition) is 9. The van der Waals surface area contributed by atoms with E-state index in [1.54, 1.807) is 12.4 Å². The van der Waals surface area contributed by atoms with Gasteiger partial charge in [0.05, 0.1) is 17.6 Å². The van der Waals surface area contributed by atoms with Gasteiger partial charge in [0.1, 0.15) is 4.88 Å². The van der Waals surface area contributed by atoms with Gasteiger partial charge in [-0.25, -0.2) is 0 Å². The standard InChI is InChI=1S/C17H18N8OS/c1-12-16(27-23-20-12)17(26)25-9-7-24(8-10-25)15-5-4-14(21-22-15)19-13-3-2-6-18-11-13/h2-6,11H,7-10H2,1H3,(H,19,21). The number of nitrogens with zero attached hydrogens (tertiary/aromatic N) is 7. The second kappa shape index (κ2) is 7.62. The molecule has 1 saturated heterocycles. The van der Waals surface area contributed by atoms with E-state index in [1.165, 1.54) is 0 Å². The van der Waals surface area contributed by atoms with E-state index < -0.39 is 0 Å². The highest BCUT2D eigenvalue weighted by atomic mass is 32.1. The molecular weight excluding hydrogens is 364 g/mol. The highest BCUT2D eigenvalue weighted by molar-refractivity contribution is 7.07. The van der Waals surface area contributed by atoms with Crippen LogP contribution in [0.15, 0.2) is 36.7 Å². The summed E-state index contributed by atoms with van der Waals surface area (Å²) in [7, 11) is 0. The molecule has 1 fully saturated rings. The zero-order valence-electron chi connectivity index (χ0n) is 14.7. The van der Waals surface area contributed by atoms with E-state index in [1.807, 2.05) is 36.1 Å². The Morgan fingerprint density at radius 3 is 2.59 bits per heavy atom. The fourth-order valence-corrected chi connectivity index (χ4v) is 3.48. The van der Waals surface area contributed by atoms with Crippen LogP contribution in [0, 0.1) is 6.92 Å². The molecular formula is C17H18N8OS. The molecule has 0 unspecified atom stereocenters. The van der Waals surface area contributed by atoms with Gasteiger partial charge in [0.2, 0.25) is 0 Å². The van der Waals surface area contributed by atoms with Gasteiger partial charge in [0.25, 0.3) is 5.91 Å². The molecule has 3 aromatic rings. The van der Waals surface area contributed by atoms with Crippen molar-refractivity contribution in [2.24, 2.45) is 0 Å². The minimum Gasteiger partial charge on any atom is -0.352 e. The molecule has 27 heavy (non-hydrogen) atoms. The van der Waals surface area contributed by atoms with E-state index in [0.717, 1.165) is 23.0 Å². The number of aryl methyl sites for hydroxylation is 1. The van der Waals surface area contributed by atoms with Gasteiger partial charge in [0, 0.05) is 32.4 Å². The molecule has 10 heteroatoms. The maximum absolute atomic E-state index is 12.5. The first-order valence-corrected chi connectivity index (χ1v) is 9.32. The van der Waals surface area contributed by atoms with Crippen LogP contribution in [0.3, 0.4) is 0 Å². The Balaban J connectivity index is 1.35. The van der Waals surface area contributed by atoms with Gasteiger partial charge in [-0.05, 0) is 42.7 Å². The minimum atomic E-state index is 0.00394. The van der Waals surface area contributed by atoms with Crippen LogP contribution in [0.5, 0.6) is 0 Å². The molecule has 1 aliphatic rings. The summed E-state index contributed by atoms with van der Waals surface area (Å²) < 4.78 is 3.84. The Morgan fingerprint density at radius 2 is 1.96 bits per heavy atom. The molecule has 0 spiro atoms. The molecule has 138 valence electrons. The second-order valence-electron chi connectivity index (χ2n) is 6.11. The minimum absolute atomic E-state index is 0.00394. The van der Waals surface area contributed by atoms with Gasteiger partial charge in [0.15, 0.2) is 11.6 Å². The van der Waals surface area contributed by atoms with Crippen LogP contribution in [-0.4, -0.2) is 61.8 Å². The molecule has 0 saturated carbocycles. The maximum Gasteiger partial charge on any atom is 0.267 e. The summed E-state index contributed by atoms with van der Waals surface area (Å²) in [5.74, 6) is 1.47. The quantitative estimate of drug-likeness (QED) is 0.728. The van der Waals surface area contributed by atoms with Crippen LogP contribution in [0.2, 0.25) is 0 Å². The average Bonchev–Trinajstić information content (AvgIpc) is 3.15. The Bertz CT molecular complexity index is 906. The zero-order chi connectivity index (χ0) is 18.6. The molecule has 0 aliphatic carbocycles. The maximum atomic E-state index is 12.5. The van der Waals surface area contributed by atoms with E-state index in [9.17, 15) is 4.79 Å². The number of carbonyl (C=O) groups is 1. The summed E-state index contributed by atoms with van der Waals surface area (Å²) in [4.78, 5) is 21.2. The van der Waals surface area contributed by atoms with Crippen molar-refractivity contribution >= 4 is 34.8 Å². The highest BCUT2D eigenvalue weighted by Crippen LogP contribution is 2.19. The molecule has 1 aliphatic heterocycles. The largest absolute Gasteiger partial charge is 0.352 e. The van der Waals surface area contributed by atoms with Crippen molar-refractivity contribution in [3.05, 3.63) is 47.2 Å². The number of amides is 1. The topological polar surface area (TPSA) is 100 Å². The third-order valence-corrected chi connectivity index (χ3v) is 5.14. The number of pyridine rings is 1. The molecule has 9 nitrogen and oxygen atoms in total. The molecule has 0 radical (unpaired) electrons. The lowest BCUT2D eigenvalue weighted by Crippen LogP contribution is -2.49. The monoisotopic (exact) mass is 382 g/mol. The van der Waals surface area contributed by atoms with E-state index in [2.05, 4.69) is 35.0 Å². The van der Waals surface area contributed by atoms with Gasteiger partial charge in [-0.2, -0.15) is 0 Å². The number of aromatic nitrogens is 5. The number of rotatable bonds is 4. The van der Waals surface area contributed by atoms with Crippen molar-refractivity contribution < 1.29 is 4.79 Å². The van der Waals surface area contributed by atoms with Crippen molar-refractivity contribution in [1.82, 2.24) is 29.7 Å². The fourth-order valence-electron chi connectivity index (χ4n) is 2.86. The van der Waals surface area contributed by atoms with Gasteiger partial charge in [-0.3, -0.25) is 9.78 Å². The number of anilines is 3. The van der Waals surface area contributed by atoms with Crippen LogP contribution >= 0.6 is 11.5 Å². The lowest BCUT2D eigenvalue weighted by atomic mass is 10.2. The molecule has 0 atom stereocenters. The first-order valence-electron chi connectivity index (χ1n) is 8.54. The lowest BCUT2D eigenvalue weighted by Gasteiger charge is -2.34. The van der Waals surface area contributed by atoms with Crippen LogP contribution in [0.25, 0.3) is 0 Å². The molecule has 4 heterocycles. The zero-order valence-corrected chi connectivity index (χ0v) is 15.6. The van der Waals surface area contributed by atoms with Crippen LogP contribution in [-0.2, 0) is 0 Å². The fraction of sp³-hybridized carbons (Fsp3) is 0.294.